The molecule has 0 radical (unpaired) electrons. The molecule has 2 rings (SSSR count). The Labute approximate surface area is 108 Å². The van der Waals surface area contributed by atoms with Crippen LogP contribution in [0.25, 0.3) is 0 Å². The number of anilines is 1. The molecule has 19 heavy (non-hydrogen) atoms. The van der Waals surface area contributed by atoms with Gasteiger partial charge in [-0.25, -0.2) is 4.39 Å². The van der Waals surface area contributed by atoms with Crippen LogP contribution in [0.15, 0.2) is 36.4 Å². The molecule has 1 aromatic carbocycles. The van der Waals surface area contributed by atoms with Gasteiger partial charge in [0.1, 0.15) is 5.82 Å². The van der Waals surface area contributed by atoms with Gasteiger partial charge in [-0.3, -0.25) is 10.1 Å². The highest BCUT2D eigenvalue weighted by Crippen LogP contribution is 2.26. The van der Waals surface area contributed by atoms with Crippen molar-refractivity contribution < 1.29 is 14.1 Å². The first kappa shape index (κ1) is 12.7. The SMILES string of the molecule is CNc1cccc(Oc2ccc([N+](=O)[O-])cc2F)n1. The van der Waals surface area contributed by atoms with Crippen molar-refractivity contribution in [2.45, 2.75) is 0 Å². The van der Waals surface area contributed by atoms with E-state index in [1.165, 1.54) is 12.1 Å². The monoisotopic (exact) mass is 263 g/mol. The molecule has 0 bridgehead atoms. The minimum absolute atomic E-state index is 0.119. The molecule has 6 nitrogen and oxygen atoms in total. The molecule has 1 heterocycles. The maximum absolute atomic E-state index is 13.6. The van der Waals surface area contributed by atoms with Crippen LogP contribution in [0.5, 0.6) is 11.6 Å². The van der Waals surface area contributed by atoms with E-state index < -0.39 is 10.7 Å². The zero-order valence-electron chi connectivity index (χ0n) is 9.96. The van der Waals surface area contributed by atoms with Gasteiger partial charge in [-0.2, -0.15) is 4.98 Å². The first-order valence-corrected chi connectivity index (χ1v) is 5.37. The summed E-state index contributed by atoms with van der Waals surface area (Å²) in [5.41, 5.74) is -0.332. The fraction of sp³-hybridized carbons (Fsp3) is 0.0833. The number of nitrogens with zero attached hydrogens (tertiary/aromatic N) is 2. The average molecular weight is 263 g/mol. The molecular formula is C12H10FN3O3. The standard InChI is InChI=1S/C12H10FN3O3/c1-14-11-3-2-4-12(15-11)19-10-6-5-8(16(17)18)7-9(10)13/h2-7H,1H3,(H,14,15). The predicted octanol–water partition coefficient (Wildman–Crippen LogP) is 2.96. The maximum atomic E-state index is 13.6. The molecule has 1 N–H and O–H groups in total. The predicted molar refractivity (Wildman–Crippen MR) is 66.9 cm³/mol. The lowest BCUT2D eigenvalue weighted by Gasteiger charge is -2.07. The van der Waals surface area contributed by atoms with E-state index in [4.69, 9.17) is 4.74 Å². The quantitative estimate of drug-likeness (QED) is 0.677. The van der Waals surface area contributed by atoms with Crippen molar-refractivity contribution in [2.75, 3.05) is 12.4 Å². The summed E-state index contributed by atoms with van der Waals surface area (Å²) in [5.74, 6) is -0.170. The first-order valence-electron chi connectivity index (χ1n) is 5.37. The lowest BCUT2D eigenvalue weighted by molar-refractivity contribution is -0.385. The second-order valence-electron chi connectivity index (χ2n) is 3.58. The summed E-state index contributed by atoms with van der Waals surface area (Å²) in [5, 5.41) is 13.3. The van der Waals surface area contributed by atoms with E-state index in [0.29, 0.717) is 5.82 Å². The van der Waals surface area contributed by atoms with Gasteiger partial charge in [0.25, 0.3) is 5.69 Å². The first-order chi connectivity index (χ1) is 9.10. The van der Waals surface area contributed by atoms with Gasteiger partial charge in [0, 0.05) is 19.2 Å². The van der Waals surface area contributed by atoms with Crippen molar-refractivity contribution >= 4 is 11.5 Å². The molecule has 0 aliphatic rings. The molecule has 0 fully saturated rings. The summed E-state index contributed by atoms with van der Waals surface area (Å²) in [6.45, 7) is 0. The van der Waals surface area contributed by atoms with E-state index in [2.05, 4.69) is 10.3 Å². The van der Waals surface area contributed by atoms with Crippen LogP contribution in [-0.2, 0) is 0 Å². The van der Waals surface area contributed by atoms with Crippen LogP contribution in [0.2, 0.25) is 0 Å². The highest BCUT2D eigenvalue weighted by atomic mass is 19.1. The Morgan fingerprint density at radius 2 is 2.16 bits per heavy atom. The third-order valence-electron chi connectivity index (χ3n) is 2.32. The zero-order chi connectivity index (χ0) is 13.8. The van der Waals surface area contributed by atoms with Crippen LogP contribution >= 0.6 is 0 Å². The minimum atomic E-state index is -0.814. The number of ether oxygens (including phenoxy) is 1. The molecular weight excluding hydrogens is 253 g/mol. The summed E-state index contributed by atoms with van der Waals surface area (Å²) in [6, 6.07) is 8.14. The fourth-order valence-corrected chi connectivity index (χ4v) is 1.41. The molecule has 0 aliphatic carbocycles. The minimum Gasteiger partial charge on any atom is -0.436 e. The summed E-state index contributed by atoms with van der Waals surface area (Å²) < 4.78 is 18.8. The van der Waals surface area contributed by atoms with E-state index in [1.54, 1.807) is 25.2 Å². The average Bonchev–Trinajstić information content (AvgIpc) is 2.41. The summed E-state index contributed by atoms with van der Waals surface area (Å²) >= 11 is 0. The van der Waals surface area contributed by atoms with Gasteiger partial charge in [0.05, 0.1) is 11.0 Å². The Kier molecular flexibility index (Phi) is 3.56. The number of pyridine rings is 1. The molecule has 0 amide bonds. The van der Waals surface area contributed by atoms with Gasteiger partial charge in [-0.15, -0.1) is 0 Å². The van der Waals surface area contributed by atoms with Crippen LogP contribution in [-0.4, -0.2) is 17.0 Å². The van der Waals surface area contributed by atoms with Crippen LogP contribution < -0.4 is 10.1 Å². The number of nitro groups is 1. The smallest absolute Gasteiger partial charge is 0.272 e. The Hall–Kier alpha value is -2.70. The molecule has 0 unspecified atom stereocenters. The number of nitro benzene ring substituents is 1. The van der Waals surface area contributed by atoms with Crippen molar-refractivity contribution in [1.82, 2.24) is 4.98 Å². The van der Waals surface area contributed by atoms with E-state index in [1.807, 2.05) is 0 Å². The van der Waals surface area contributed by atoms with Crippen LogP contribution in [0.3, 0.4) is 0 Å². The molecule has 7 heteroatoms. The van der Waals surface area contributed by atoms with Crippen molar-refractivity contribution in [3.63, 3.8) is 0 Å². The van der Waals surface area contributed by atoms with E-state index >= 15 is 0 Å². The third kappa shape index (κ3) is 2.95. The Morgan fingerprint density at radius 1 is 1.37 bits per heavy atom. The van der Waals surface area contributed by atoms with Crippen molar-refractivity contribution in [2.24, 2.45) is 0 Å². The van der Waals surface area contributed by atoms with Crippen LogP contribution in [0.1, 0.15) is 0 Å². The molecule has 0 atom stereocenters. The second kappa shape index (κ2) is 5.30. The van der Waals surface area contributed by atoms with Gasteiger partial charge in [-0.05, 0) is 12.1 Å². The largest absolute Gasteiger partial charge is 0.436 e. The molecule has 0 saturated carbocycles. The molecule has 1 aromatic heterocycles. The number of aromatic nitrogens is 1. The summed E-state index contributed by atoms with van der Waals surface area (Å²) in [4.78, 5) is 13.9. The number of hydrogen-bond acceptors (Lipinski definition) is 5. The Bertz CT molecular complexity index is 619. The topological polar surface area (TPSA) is 77.3 Å². The lowest BCUT2D eigenvalue weighted by atomic mass is 10.3. The van der Waals surface area contributed by atoms with Crippen LogP contribution in [0, 0.1) is 15.9 Å². The van der Waals surface area contributed by atoms with Crippen molar-refractivity contribution in [1.29, 1.82) is 0 Å². The Morgan fingerprint density at radius 3 is 2.79 bits per heavy atom. The number of hydrogen-bond donors (Lipinski definition) is 1. The highest BCUT2D eigenvalue weighted by molar-refractivity contribution is 5.41. The van der Waals surface area contributed by atoms with Gasteiger partial charge < -0.3 is 10.1 Å². The van der Waals surface area contributed by atoms with Crippen molar-refractivity contribution in [3.05, 3.63) is 52.3 Å². The zero-order valence-corrected chi connectivity index (χ0v) is 9.96. The van der Waals surface area contributed by atoms with E-state index in [-0.39, 0.29) is 17.3 Å². The summed E-state index contributed by atoms with van der Waals surface area (Å²) in [7, 11) is 1.69. The third-order valence-corrected chi connectivity index (χ3v) is 2.32. The van der Waals surface area contributed by atoms with E-state index in [0.717, 1.165) is 6.07 Å². The normalized spacial score (nSPS) is 10.0. The molecule has 0 aliphatic heterocycles. The molecule has 98 valence electrons. The number of rotatable bonds is 4. The van der Waals surface area contributed by atoms with Gasteiger partial charge in [-0.1, -0.05) is 6.07 Å². The number of benzene rings is 1. The molecule has 0 spiro atoms. The second-order valence-corrected chi connectivity index (χ2v) is 3.58. The fourth-order valence-electron chi connectivity index (χ4n) is 1.41. The van der Waals surface area contributed by atoms with Crippen molar-refractivity contribution in [3.8, 4) is 11.6 Å². The number of nitrogens with one attached hydrogen (secondary N) is 1. The van der Waals surface area contributed by atoms with Gasteiger partial charge >= 0.3 is 0 Å². The highest BCUT2D eigenvalue weighted by Gasteiger charge is 2.12. The number of halogens is 1. The Balaban J connectivity index is 2.25. The maximum Gasteiger partial charge on any atom is 0.272 e. The number of non-ortho nitro benzene ring substituents is 1. The lowest BCUT2D eigenvalue weighted by Crippen LogP contribution is -1.96. The van der Waals surface area contributed by atoms with Crippen LogP contribution in [0.4, 0.5) is 15.9 Å². The summed E-state index contributed by atoms with van der Waals surface area (Å²) in [6.07, 6.45) is 0. The van der Waals surface area contributed by atoms with Gasteiger partial charge in [0.2, 0.25) is 5.88 Å². The van der Waals surface area contributed by atoms with Gasteiger partial charge in [0.15, 0.2) is 11.6 Å². The molecule has 2 aromatic rings. The van der Waals surface area contributed by atoms with E-state index in [9.17, 15) is 14.5 Å². The molecule has 0 saturated heterocycles.